The Morgan fingerprint density at radius 1 is 1.00 bits per heavy atom. The first kappa shape index (κ1) is 10.5. The molecule has 0 unspecified atom stereocenters. The molecule has 0 N–H and O–H groups in total. The minimum absolute atomic E-state index is 0.805. The van der Waals surface area contributed by atoms with Crippen LogP contribution in [-0.2, 0) is 4.74 Å². The second-order valence-electron chi connectivity index (χ2n) is 1.59. The van der Waals surface area contributed by atoms with Gasteiger partial charge in [0, 0.05) is 0 Å². The Morgan fingerprint density at radius 2 is 1.45 bits per heavy atom. The van der Waals surface area contributed by atoms with Crippen molar-refractivity contribution in [2.24, 2.45) is 0 Å². The summed E-state index contributed by atoms with van der Waals surface area (Å²) >= 11 is 0. The maximum atomic E-state index is 11.1. The van der Waals surface area contributed by atoms with Crippen molar-refractivity contribution in [3.05, 3.63) is 6.61 Å². The summed E-state index contributed by atoms with van der Waals surface area (Å²) in [4.78, 5) is 0. The van der Waals surface area contributed by atoms with Crippen molar-refractivity contribution in [3.63, 3.8) is 0 Å². The number of ether oxygens (including phenoxy) is 1. The fourth-order valence-corrected chi connectivity index (χ4v) is 0.231. The van der Waals surface area contributed by atoms with Gasteiger partial charge in [-0.3, -0.25) is 0 Å². The normalized spacial score (nSPS) is 13.6. The monoisotopic (exact) mass is 181 g/mol. The molecule has 0 aliphatic rings. The van der Waals surface area contributed by atoms with Crippen LogP contribution in [0.2, 0.25) is 0 Å². The van der Waals surface area contributed by atoms with Crippen molar-refractivity contribution < 1.29 is 31.1 Å². The summed E-state index contributed by atoms with van der Waals surface area (Å²) in [5.74, 6) is 0. The van der Waals surface area contributed by atoms with Gasteiger partial charge in [0.25, 0.3) is 0 Å². The molecule has 0 amide bonds. The molecule has 11 heavy (non-hydrogen) atoms. The molecule has 0 spiro atoms. The van der Waals surface area contributed by atoms with E-state index in [-0.39, 0.29) is 0 Å². The van der Waals surface area contributed by atoms with Gasteiger partial charge in [-0.1, -0.05) is 0 Å². The summed E-state index contributed by atoms with van der Waals surface area (Å²) in [6.45, 7) is -2.73. The zero-order chi connectivity index (χ0) is 9.12. The number of alkyl halides is 6. The van der Waals surface area contributed by atoms with E-state index in [1.807, 2.05) is 0 Å². The molecule has 0 saturated heterocycles. The van der Waals surface area contributed by atoms with E-state index in [0.717, 1.165) is 0 Å². The van der Waals surface area contributed by atoms with Gasteiger partial charge in [-0.05, 0) is 0 Å². The van der Waals surface area contributed by atoms with Gasteiger partial charge < -0.3 is 4.74 Å². The SMILES string of the molecule is FC(F)(F)[CH]OCC(F)(F)F. The van der Waals surface area contributed by atoms with Crippen molar-refractivity contribution in [2.45, 2.75) is 12.4 Å². The van der Waals surface area contributed by atoms with Crippen molar-refractivity contribution >= 4 is 0 Å². The number of rotatable bonds is 2. The molecule has 7 heteroatoms. The standard InChI is InChI=1S/C4H3F6O/c5-3(6,7)1-11-2-4(8,9)10/h1H,2H2. The Bertz CT molecular complexity index is 98.7. The predicted octanol–water partition coefficient (Wildman–Crippen LogP) is 2.29. The highest BCUT2D eigenvalue weighted by Crippen LogP contribution is 2.21. The van der Waals surface area contributed by atoms with Crippen LogP contribution in [0.5, 0.6) is 0 Å². The molecule has 0 saturated carbocycles. The molecule has 0 heterocycles. The Labute approximate surface area is 57.9 Å². The summed E-state index contributed by atoms with van der Waals surface area (Å²) in [5.41, 5.74) is 0. The Balaban J connectivity index is 3.44. The van der Waals surface area contributed by atoms with Crippen LogP contribution in [0, 0.1) is 6.61 Å². The lowest BCUT2D eigenvalue weighted by atomic mass is 10.6. The minimum Gasteiger partial charge on any atom is -0.356 e. The van der Waals surface area contributed by atoms with Crippen LogP contribution in [0.25, 0.3) is 0 Å². The van der Waals surface area contributed by atoms with Crippen molar-refractivity contribution in [3.8, 4) is 0 Å². The molecule has 0 aromatic carbocycles. The molecule has 1 radical (unpaired) electrons. The summed E-state index contributed by atoms with van der Waals surface area (Å²) in [6.07, 6.45) is -9.56. The van der Waals surface area contributed by atoms with E-state index in [2.05, 4.69) is 4.74 Å². The van der Waals surface area contributed by atoms with Crippen LogP contribution in [-0.4, -0.2) is 19.0 Å². The average molecular weight is 181 g/mol. The first-order valence-corrected chi connectivity index (χ1v) is 2.30. The van der Waals surface area contributed by atoms with Gasteiger partial charge in [-0.25, -0.2) is 0 Å². The van der Waals surface area contributed by atoms with Gasteiger partial charge in [0.2, 0.25) is 0 Å². The zero-order valence-corrected chi connectivity index (χ0v) is 4.96. The molecular weight excluding hydrogens is 178 g/mol. The second-order valence-corrected chi connectivity index (χ2v) is 1.59. The van der Waals surface area contributed by atoms with Crippen LogP contribution >= 0.6 is 0 Å². The van der Waals surface area contributed by atoms with E-state index in [9.17, 15) is 26.3 Å². The van der Waals surface area contributed by atoms with E-state index in [1.54, 1.807) is 0 Å². The summed E-state index contributed by atoms with van der Waals surface area (Å²) in [7, 11) is 0. The Kier molecular flexibility index (Phi) is 3.15. The van der Waals surface area contributed by atoms with E-state index in [0.29, 0.717) is 0 Å². The molecule has 67 valence electrons. The van der Waals surface area contributed by atoms with Gasteiger partial charge in [0.1, 0.15) is 6.61 Å². The minimum atomic E-state index is -4.83. The fraction of sp³-hybridized carbons (Fsp3) is 0.750. The third-order valence-corrected chi connectivity index (χ3v) is 0.464. The highest BCUT2D eigenvalue weighted by Gasteiger charge is 2.33. The highest BCUT2D eigenvalue weighted by atomic mass is 19.4. The zero-order valence-electron chi connectivity index (χ0n) is 4.96. The van der Waals surface area contributed by atoms with E-state index < -0.39 is 25.6 Å². The number of hydrogen-bond donors (Lipinski definition) is 0. The third-order valence-electron chi connectivity index (χ3n) is 0.464. The number of hydrogen-bond acceptors (Lipinski definition) is 1. The summed E-state index contributed by atoms with van der Waals surface area (Å²) < 4.78 is 69.8. The molecule has 0 aliphatic carbocycles. The lowest BCUT2D eigenvalue weighted by Gasteiger charge is -2.08. The lowest BCUT2D eigenvalue weighted by molar-refractivity contribution is -0.194. The van der Waals surface area contributed by atoms with Crippen LogP contribution in [0.15, 0.2) is 0 Å². The third kappa shape index (κ3) is 9.54. The maximum absolute atomic E-state index is 11.1. The van der Waals surface area contributed by atoms with Gasteiger partial charge in [0.05, 0.1) is 0 Å². The van der Waals surface area contributed by atoms with Gasteiger partial charge >= 0.3 is 12.4 Å². The molecule has 0 bridgehead atoms. The van der Waals surface area contributed by atoms with Crippen LogP contribution in [0.4, 0.5) is 26.3 Å². The molecule has 0 rings (SSSR count). The van der Waals surface area contributed by atoms with Crippen molar-refractivity contribution in [2.75, 3.05) is 6.61 Å². The first-order valence-electron chi connectivity index (χ1n) is 2.30. The molecule has 0 aromatic heterocycles. The van der Waals surface area contributed by atoms with E-state index >= 15 is 0 Å². The predicted molar refractivity (Wildman–Crippen MR) is 22.4 cm³/mol. The largest absolute Gasteiger partial charge is 0.417 e. The summed E-state index contributed by atoms with van der Waals surface area (Å²) in [6, 6.07) is 0. The van der Waals surface area contributed by atoms with Gasteiger partial charge in [0.15, 0.2) is 6.61 Å². The van der Waals surface area contributed by atoms with Crippen LogP contribution in [0.1, 0.15) is 0 Å². The summed E-state index contributed by atoms with van der Waals surface area (Å²) in [5, 5.41) is 0. The lowest BCUT2D eigenvalue weighted by Crippen LogP contribution is -2.20. The molecule has 0 atom stereocenters. The van der Waals surface area contributed by atoms with E-state index in [4.69, 9.17) is 0 Å². The molecule has 0 aliphatic heterocycles. The quantitative estimate of drug-likeness (QED) is 0.594. The molecular formula is C4H3F6O. The van der Waals surface area contributed by atoms with Crippen LogP contribution < -0.4 is 0 Å². The molecule has 0 fully saturated rings. The Morgan fingerprint density at radius 3 is 1.73 bits per heavy atom. The fourth-order valence-electron chi connectivity index (χ4n) is 0.231. The van der Waals surface area contributed by atoms with E-state index in [1.165, 1.54) is 0 Å². The maximum Gasteiger partial charge on any atom is 0.417 e. The molecule has 1 nitrogen and oxygen atoms in total. The van der Waals surface area contributed by atoms with Crippen molar-refractivity contribution in [1.82, 2.24) is 0 Å². The Hall–Kier alpha value is -0.460. The van der Waals surface area contributed by atoms with Crippen LogP contribution in [0.3, 0.4) is 0 Å². The second kappa shape index (κ2) is 3.29. The number of halogens is 6. The highest BCUT2D eigenvalue weighted by molar-refractivity contribution is 4.62. The average Bonchev–Trinajstić information content (AvgIpc) is 1.55. The smallest absolute Gasteiger partial charge is 0.356 e. The van der Waals surface area contributed by atoms with Gasteiger partial charge in [-0.15, -0.1) is 0 Å². The topological polar surface area (TPSA) is 9.23 Å². The molecule has 0 aromatic rings. The van der Waals surface area contributed by atoms with Crippen molar-refractivity contribution in [1.29, 1.82) is 0 Å². The first-order chi connectivity index (χ1) is 4.71. The van der Waals surface area contributed by atoms with Gasteiger partial charge in [-0.2, -0.15) is 26.3 Å².